The van der Waals surface area contributed by atoms with Crippen LogP contribution < -0.4 is 5.73 Å². The summed E-state index contributed by atoms with van der Waals surface area (Å²) in [6.45, 7) is 0.480. The number of pyridine rings is 1. The number of para-hydroxylation sites is 1. The average Bonchev–Trinajstić information content (AvgIpc) is 2.83. The van der Waals surface area contributed by atoms with Gasteiger partial charge in [0.15, 0.2) is 0 Å². The zero-order valence-electron chi connectivity index (χ0n) is 10.3. The van der Waals surface area contributed by atoms with Crippen molar-refractivity contribution in [2.24, 2.45) is 12.8 Å². The van der Waals surface area contributed by atoms with Gasteiger partial charge in [-0.3, -0.25) is 0 Å². The molecule has 96 valence electrons. The molecule has 0 radical (unpaired) electrons. The van der Waals surface area contributed by atoms with Gasteiger partial charge in [0.1, 0.15) is 5.03 Å². The fourth-order valence-corrected chi connectivity index (χ4v) is 2.62. The summed E-state index contributed by atoms with van der Waals surface area (Å²) in [6, 6.07) is 9.95. The van der Waals surface area contributed by atoms with E-state index < -0.39 is 0 Å². The fourth-order valence-electron chi connectivity index (χ4n) is 1.84. The zero-order chi connectivity index (χ0) is 13.2. The molecule has 2 N–H and O–H groups in total. The Hall–Kier alpha value is -1.99. The molecule has 0 bridgehead atoms. The maximum Gasteiger partial charge on any atom is 0.215 e. The molecule has 0 aliphatic rings. The van der Waals surface area contributed by atoms with Crippen LogP contribution in [0.1, 0.15) is 5.56 Å². The molecule has 0 unspecified atom stereocenters. The maximum atomic E-state index is 5.81. The van der Waals surface area contributed by atoms with Gasteiger partial charge in [-0.15, -0.1) is 5.10 Å². The van der Waals surface area contributed by atoms with Crippen molar-refractivity contribution in [3.8, 4) is 0 Å². The van der Waals surface area contributed by atoms with E-state index in [-0.39, 0.29) is 0 Å². The summed E-state index contributed by atoms with van der Waals surface area (Å²) >= 11 is 1.43. The highest BCUT2D eigenvalue weighted by molar-refractivity contribution is 7.99. The molecule has 19 heavy (non-hydrogen) atoms. The van der Waals surface area contributed by atoms with Crippen LogP contribution in [0.5, 0.6) is 0 Å². The standard InChI is InChI=1S/C12H12N6S/c1-18-12(15-16-17-18)19-11-6-8(7-13)9-4-2-3-5-10(9)14-11/h2-6H,7,13H2,1H3. The van der Waals surface area contributed by atoms with E-state index in [1.807, 2.05) is 30.3 Å². The largest absolute Gasteiger partial charge is 0.326 e. The van der Waals surface area contributed by atoms with Crippen LogP contribution in [0.2, 0.25) is 0 Å². The zero-order valence-corrected chi connectivity index (χ0v) is 11.1. The first-order valence-electron chi connectivity index (χ1n) is 5.77. The third kappa shape index (κ3) is 2.29. The molecule has 0 aliphatic heterocycles. The molecule has 2 heterocycles. The van der Waals surface area contributed by atoms with Gasteiger partial charge in [0.25, 0.3) is 0 Å². The topological polar surface area (TPSA) is 82.5 Å². The minimum atomic E-state index is 0.480. The molecule has 0 amide bonds. The van der Waals surface area contributed by atoms with Gasteiger partial charge in [0, 0.05) is 19.0 Å². The van der Waals surface area contributed by atoms with Gasteiger partial charge in [-0.1, -0.05) is 18.2 Å². The number of aromatic nitrogens is 5. The summed E-state index contributed by atoms with van der Waals surface area (Å²) in [7, 11) is 1.80. The van der Waals surface area contributed by atoms with Crippen molar-refractivity contribution in [3.63, 3.8) is 0 Å². The first-order chi connectivity index (χ1) is 9.28. The van der Waals surface area contributed by atoms with Crippen LogP contribution in [0.15, 0.2) is 40.5 Å². The molecule has 0 spiro atoms. The normalized spacial score (nSPS) is 11.1. The summed E-state index contributed by atoms with van der Waals surface area (Å²) in [5, 5.41) is 14.0. The quantitative estimate of drug-likeness (QED) is 0.775. The predicted molar refractivity (Wildman–Crippen MR) is 72.6 cm³/mol. The number of hydrogen-bond donors (Lipinski definition) is 1. The van der Waals surface area contributed by atoms with E-state index in [0.717, 1.165) is 21.5 Å². The lowest BCUT2D eigenvalue weighted by Gasteiger charge is -2.06. The van der Waals surface area contributed by atoms with E-state index in [0.29, 0.717) is 11.7 Å². The van der Waals surface area contributed by atoms with Crippen molar-refractivity contribution < 1.29 is 0 Å². The van der Waals surface area contributed by atoms with E-state index in [9.17, 15) is 0 Å². The number of aryl methyl sites for hydroxylation is 1. The van der Waals surface area contributed by atoms with E-state index in [1.54, 1.807) is 11.7 Å². The summed E-state index contributed by atoms with van der Waals surface area (Å²) in [5.41, 5.74) is 7.81. The van der Waals surface area contributed by atoms with Gasteiger partial charge in [-0.05, 0) is 39.9 Å². The second-order valence-electron chi connectivity index (χ2n) is 4.03. The van der Waals surface area contributed by atoms with E-state index in [2.05, 4.69) is 20.5 Å². The first-order valence-corrected chi connectivity index (χ1v) is 6.58. The van der Waals surface area contributed by atoms with E-state index >= 15 is 0 Å². The fraction of sp³-hybridized carbons (Fsp3) is 0.167. The Bertz CT molecular complexity index is 723. The van der Waals surface area contributed by atoms with Crippen LogP contribution in [-0.4, -0.2) is 25.2 Å². The Morgan fingerprint density at radius 2 is 2.16 bits per heavy atom. The molecule has 0 fully saturated rings. The van der Waals surface area contributed by atoms with Crippen LogP contribution in [-0.2, 0) is 13.6 Å². The van der Waals surface area contributed by atoms with Crippen LogP contribution in [0, 0.1) is 0 Å². The minimum absolute atomic E-state index is 0.480. The van der Waals surface area contributed by atoms with Crippen LogP contribution in [0.4, 0.5) is 0 Å². The molecule has 6 nitrogen and oxygen atoms in total. The molecule has 0 atom stereocenters. The molecule has 0 saturated heterocycles. The van der Waals surface area contributed by atoms with Gasteiger partial charge < -0.3 is 5.73 Å². The van der Waals surface area contributed by atoms with Crippen molar-refractivity contribution in [3.05, 3.63) is 35.9 Å². The van der Waals surface area contributed by atoms with E-state index in [1.165, 1.54) is 11.8 Å². The highest BCUT2D eigenvalue weighted by Crippen LogP contribution is 2.27. The third-order valence-corrected chi connectivity index (χ3v) is 3.72. The molecule has 7 heteroatoms. The second-order valence-corrected chi connectivity index (χ2v) is 5.02. The summed E-state index contributed by atoms with van der Waals surface area (Å²) < 4.78 is 1.61. The first kappa shape index (κ1) is 12.1. The Morgan fingerprint density at radius 3 is 2.89 bits per heavy atom. The van der Waals surface area contributed by atoms with Gasteiger partial charge in [-0.2, -0.15) is 0 Å². The monoisotopic (exact) mass is 272 g/mol. The summed E-state index contributed by atoms with van der Waals surface area (Å²) in [6.07, 6.45) is 0. The number of nitrogens with zero attached hydrogens (tertiary/aromatic N) is 5. The second kappa shape index (κ2) is 4.94. The van der Waals surface area contributed by atoms with Crippen molar-refractivity contribution in [1.29, 1.82) is 0 Å². The summed E-state index contributed by atoms with van der Waals surface area (Å²) in [4.78, 5) is 4.60. The Morgan fingerprint density at radius 1 is 1.32 bits per heavy atom. The van der Waals surface area contributed by atoms with Crippen LogP contribution >= 0.6 is 11.8 Å². The molecule has 1 aromatic carbocycles. The lowest BCUT2D eigenvalue weighted by molar-refractivity contribution is 0.664. The van der Waals surface area contributed by atoms with Crippen LogP contribution in [0.25, 0.3) is 10.9 Å². The SMILES string of the molecule is Cn1nnnc1Sc1cc(CN)c2ccccc2n1. The van der Waals surface area contributed by atoms with Crippen molar-refractivity contribution in [2.75, 3.05) is 0 Å². The maximum absolute atomic E-state index is 5.81. The van der Waals surface area contributed by atoms with Crippen molar-refractivity contribution in [1.82, 2.24) is 25.2 Å². The number of rotatable bonds is 3. The average molecular weight is 272 g/mol. The van der Waals surface area contributed by atoms with Crippen molar-refractivity contribution in [2.45, 2.75) is 16.7 Å². The Balaban J connectivity index is 2.07. The number of tetrazole rings is 1. The molecular formula is C12H12N6S. The highest BCUT2D eigenvalue weighted by atomic mass is 32.2. The smallest absolute Gasteiger partial charge is 0.215 e. The molecule has 0 aliphatic carbocycles. The Kier molecular flexibility index (Phi) is 3.14. The molecule has 0 saturated carbocycles. The highest BCUT2D eigenvalue weighted by Gasteiger charge is 2.09. The molecule has 3 rings (SSSR count). The minimum Gasteiger partial charge on any atom is -0.326 e. The third-order valence-electron chi connectivity index (χ3n) is 2.78. The number of nitrogens with two attached hydrogens (primary N) is 1. The van der Waals surface area contributed by atoms with Crippen molar-refractivity contribution >= 4 is 22.7 Å². The number of fused-ring (bicyclic) bond motifs is 1. The Labute approximate surface area is 114 Å². The van der Waals surface area contributed by atoms with Gasteiger partial charge in [-0.25, -0.2) is 9.67 Å². The van der Waals surface area contributed by atoms with Gasteiger partial charge in [0.2, 0.25) is 5.16 Å². The number of hydrogen-bond acceptors (Lipinski definition) is 6. The predicted octanol–water partition coefficient (Wildman–Crippen LogP) is 1.37. The van der Waals surface area contributed by atoms with Gasteiger partial charge >= 0.3 is 0 Å². The molecular weight excluding hydrogens is 260 g/mol. The van der Waals surface area contributed by atoms with Gasteiger partial charge in [0.05, 0.1) is 5.52 Å². The molecule has 3 aromatic rings. The summed E-state index contributed by atoms with van der Waals surface area (Å²) in [5.74, 6) is 0. The van der Waals surface area contributed by atoms with Crippen LogP contribution in [0.3, 0.4) is 0 Å². The number of benzene rings is 1. The lowest BCUT2D eigenvalue weighted by atomic mass is 10.1. The molecule has 2 aromatic heterocycles. The van der Waals surface area contributed by atoms with E-state index in [4.69, 9.17) is 5.73 Å². The lowest BCUT2D eigenvalue weighted by Crippen LogP contribution is -2.00.